The highest BCUT2D eigenvalue weighted by Gasteiger charge is 1.97. The zero-order valence-corrected chi connectivity index (χ0v) is 8.51. The molecule has 0 heterocycles. The normalized spacial score (nSPS) is 9.92. The summed E-state index contributed by atoms with van der Waals surface area (Å²) >= 11 is 0. The van der Waals surface area contributed by atoms with Gasteiger partial charge in [0.05, 0.1) is 0 Å². The maximum Gasteiger partial charge on any atom is 0.264 e. The van der Waals surface area contributed by atoms with E-state index in [2.05, 4.69) is 12.0 Å². The molecule has 0 aliphatic heterocycles. The van der Waals surface area contributed by atoms with Gasteiger partial charge in [0, 0.05) is 6.42 Å². The number of rotatable bonds is 8. The van der Waals surface area contributed by atoms with Gasteiger partial charge in [-0.1, -0.05) is 45.4 Å². The summed E-state index contributed by atoms with van der Waals surface area (Å²) < 4.78 is 0. The van der Waals surface area contributed by atoms with E-state index in [1.807, 2.05) is 0 Å². The fourth-order valence-corrected chi connectivity index (χ4v) is 1.29. The SMILES string of the molecule is CCCCCCCCCC(=O)N=N. The third-order valence-electron chi connectivity index (χ3n) is 2.12. The first-order valence-electron chi connectivity index (χ1n) is 5.21. The number of nitrogens with one attached hydrogen (secondary N) is 1. The summed E-state index contributed by atoms with van der Waals surface area (Å²) in [4.78, 5) is 10.6. The third-order valence-corrected chi connectivity index (χ3v) is 2.12. The first kappa shape index (κ1) is 12.3. The van der Waals surface area contributed by atoms with E-state index in [0.717, 1.165) is 12.8 Å². The monoisotopic (exact) mass is 184 g/mol. The van der Waals surface area contributed by atoms with Crippen molar-refractivity contribution in [1.82, 2.24) is 0 Å². The summed E-state index contributed by atoms with van der Waals surface area (Å²) in [6.07, 6.45) is 8.85. The molecule has 0 fully saturated rings. The summed E-state index contributed by atoms with van der Waals surface area (Å²) in [6.45, 7) is 2.20. The lowest BCUT2D eigenvalue weighted by Gasteiger charge is -1.98. The summed E-state index contributed by atoms with van der Waals surface area (Å²) in [6, 6.07) is 0. The molecule has 1 amide bonds. The van der Waals surface area contributed by atoms with E-state index in [4.69, 9.17) is 5.53 Å². The van der Waals surface area contributed by atoms with E-state index >= 15 is 0 Å². The lowest BCUT2D eigenvalue weighted by molar-refractivity contribution is -0.118. The van der Waals surface area contributed by atoms with Crippen LogP contribution >= 0.6 is 0 Å². The van der Waals surface area contributed by atoms with Crippen LogP contribution in [0.3, 0.4) is 0 Å². The van der Waals surface area contributed by atoms with Gasteiger partial charge in [-0.3, -0.25) is 4.79 Å². The number of carbonyl (C=O) groups excluding carboxylic acids is 1. The molecule has 0 aromatic heterocycles. The molecule has 76 valence electrons. The second kappa shape index (κ2) is 9.36. The Morgan fingerprint density at radius 1 is 1.08 bits per heavy atom. The van der Waals surface area contributed by atoms with E-state index in [0.29, 0.717) is 6.42 Å². The predicted octanol–water partition coefficient (Wildman–Crippen LogP) is 3.68. The Bertz CT molecular complexity index is 146. The van der Waals surface area contributed by atoms with Crippen LogP contribution in [0.4, 0.5) is 0 Å². The smallest absolute Gasteiger partial charge is 0.264 e. The van der Waals surface area contributed by atoms with Crippen molar-refractivity contribution in [1.29, 1.82) is 5.53 Å². The third kappa shape index (κ3) is 9.18. The van der Waals surface area contributed by atoms with Gasteiger partial charge in [-0.15, -0.1) is 5.11 Å². The Kier molecular flexibility index (Phi) is 8.83. The molecule has 0 atom stereocenters. The van der Waals surface area contributed by atoms with Crippen molar-refractivity contribution in [3.8, 4) is 0 Å². The highest BCUT2D eigenvalue weighted by Crippen LogP contribution is 2.08. The van der Waals surface area contributed by atoms with Crippen LogP contribution in [0.15, 0.2) is 5.11 Å². The Morgan fingerprint density at radius 2 is 1.62 bits per heavy atom. The lowest BCUT2D eigenvalue weighted by Crippen LogP contribution is -1.90. The zero-order valence-electron chi connectivity index (χ0n) is 8.51. The van der Waals surface area contributed by atoms with E-state index in [-0.39, 0.29) is 5.91 Å². The molecule has 0 saturated carbocycles. The maximum atomic E-state index is 10.6. The van der Waals surface area contributed by atoms with Crippen LogP contribution in [0.25, 0.3) is 0 Å². The van der Waals surface area contributed by atoms with Gasteiger partial charge in [0.2, 0.25) is 0 Å². The molecule has 3 nitrogen and oxygen atoms in total. The maximum absolute atomic E-state index is 10.6. The molecule has 3 heteroatoms. The summed E-state index contributed by atoms with van der Waals surface area (Å²) in [5.41, 5.74) is 6.46. The van der Waals surface area contributed by atoms with Gasteiger partial charge in [0.15, 0.2) is 0 Å². The second-order valence-corrected chi connectivity index (χ2v) is 3.38. The molecule has 0 saturated heterocycles. The second-order valence-electron chi connectivity index (χ2n) is 3.38. The molecule has 0 aliphatic rings. The van der Waals surface area contributed by atoms with E-state index in [1.165, 1.54) is 32.1 Å². The van der Waals surface area contributed by atoms with Crippen LogP contribution in [0.5, 0.6) is 0 Å². The number of carbonyl (C=O) groups is 1. The Morgan fingerprint density at radius 3 is 2.15 bits per heavy atom. The minimum atomic E-state index is -0.284. The minimum Gasteiger partial charge on any atom is -0.271 e. The van der Waals surface area contributed by atoms with Gasteiger partial charge in [-0.2, -0.15) is 0 Å². The Balaban J connectivity index is 2.99. The molecule has 0 rings (SSSR count). The van der Waals surface area contributed by atoms with E-state index < -0.39 is 0 Å². The van der Waals surface area contributed by atoms with Crippen molar-refractivity contribution in [2.45, 2.75) is 58.3 Å². The Labute approximate surface area is 80.4 Å². The molecule has 0 aromatic carbocycles. The van der Waals surface area contributed by atoms with Gasteiger partial charge in [0.25, 0.3) is 5.91 Å². The topological polar surface area (TPSA) is 53.3 Å². The van der Waals surface area contributed by atoms with Crippen molar-refractivity contribution in [3.63, 3.8) is 0 Å². The van der Waals surface area contributed by atoms with Crippen LogP contribution in [0, 0.1) is 5.53 Å². The van der Waals surface area contributed by atoms with Gasteiger partial charge < -0.3 is 0 Å². The van der Waals surface area contributed by atoms with Crippen LogP contribution in [0.1, 0.15) is 58.3 Å². The number of nitrogens with zero attached hydrogens (tertiary/aromatic N) is 1. The summed E-state index contributed by atoms with van der Waals surface area (Å²) in [5, 5.41) is 2.85. The number of hydrogen-bond acceptors (Lipinski definition) is 2. The highest BCUT2D eigenvalue weighted by atomic mass is 16.1. The van der Waals surface area contributed by atoms with Crippen LogP contribution in [0.2, 0.25) is 0 Å². The number of amides is 1. The van der Waals surface area contributed by atoms with E-state index in [1.54, 1.807) is 0 Å². The quantitative estimate of drug-likeness (QED) is 0.454. The fourth-order valence-electron chi connectivity index (χ4n) is 1.29. The minimum absolute atomic E-state index is 0.284. The van der Waals surface area contributed by atoms with Crippen molar-refractivity contribution in [3.05, 3.63) is 0 Å². The number of hydrogen-bond donors (Lipinski definition) is 1. The average molecular weight is 184 g/mol. The van der Waals surface area contributed by atoms with E-state index in [9.17, 15) is 4.79 Å². The molecule has 13 heavy (non-hydrogen) atoms. The molecule has 0 bridgehead atoms. The van der Waals surface area contributed by atoms with Crippen LogP contribution in [-0.4, -0.2) is 5.91 Å². The first-order chi connectivity index (χ1) is 6.31. The average Bonchev–Trinajstić information content (AvgIpc) is 2.16. The van der Waals surface area contributed by atoms with Crippen molar-refractivity contribution < 1.29 is 4.79 Å². The molecule has 1 N–H and O–H groups in total. The first-order valence-corrected chi connectivity index (χ1v) is 5.21. The van der Waals surface area contributed by atoms with Gasteiger partial charge in [-0.25, -0.2) is 5.53 Å². The predicted molar refractivity (Wildman–Crippen MR) is 52.8 cm³/mol. The molecule has 0 aromatic rings. The Hall–Kier alpha value is -0.730. The fraction of sp³-hybridized carbons (Fsp3) is 0.900. The van der Waals surface area contributed by atoms with Crippen molar-refractivity contribution in [2.75, 3.05) is 0 Å². The van der Waals surface area contributed by atoms with Crippen LogP contribution < -0.4 is 0 Å². The van der Waals surface area contributed by atoms with Gasteiger partial charge >= 0.3 is 0 Å². The molecular weight excluding hydrogens is 164 g/mol. The standard InChI is InChI=1S/C10H20N2O/c1-2-3-4-5-6-7-8-9-10(13)12-11/h11H,2-9H2,1H3. The molecular formula is C10H20N2O. The highest BCUT2D eigenvalue weighted by molar-refractivity contribution is 5.75. The van der Waals surface area contributed by atoms with Gasteiger partial charge in [0.1, 0.15) is 0 Å². The molecule has 0 unspecified atom stereocenters. The summed E-state index contributed by atoms with van der Waals surface area (Å²) in [7, 11) is 0. The molecule has 0 spiro atoms. The lowest BCUT2D eigenvalue weighted by atomic mass is 10.1. The summed E-state index contributed by atoms with van der Waals surface area (Å²) in [5.74, 6) is -0.284. The molecule has 0 radical (unpaired) electrons. The van der Waals surface area contributed by atoms with Crippen LogP contribution in [-0.2, 0) is 4.79 Å². The van der Waals surface area contributed by atoms with Crippen molar-refractivity contribution in [2.24, 2.45) is 5.11 Å². The zero-order chi connectivity index (χ0) is 9.94. The largest absolute Gasteiger partial charge is 0.271 e. The van der Waals surface area contributed by atoms with Gasteiger partial charge in [-0.05, 0) is 6.42 Å². The molecule has 0 aliphatic carbocycles. The van der Waals surface area contributed by atoms with Crippen molar-refractivity contribution >= 4 is 5.91 Å². The number of unbranched alkanes of at least 4 members (excludes halogenated alkanes) is 6.